The summed E-state index contributed by atoms with van der Waals surface area (Å²) < 4.78 is 7.15. The summed E-state index contributed by atoms with van der Waals surface area (Å²) >= 11 is 7.53. The molecule has 43 heavy (non-hydrogen) atoms. The molecule has 0 spiro atoms. The number of thiophene rings is 1. The van der Waals surface area contributed by atoms with Crippen LogP contribution in [0.1, 0.15) is 36.4 Å². The van der Waals surface area contributed by atoms with E-state index in [1.165, 1.54) is 17.0 Å². The van der Waals surface area contributed by atoms with Crippen molar-refractivity contribution in [3.63, 3.8) is 0 Å². The van der Waals surface area contributed by atoms with Crippen LogP contribution in [-0.2, 0) is 24.3 Å². The number of aromatic nitrogens is 2. The summed E-state index contributed by atoms with van der Waals surface area (Å²) in [6.07, 6.45) is 4.39. The molecule has 2 aromatic carbocycles. The zero-order valence-corrected chi connectivity index (χ0v) is 26.1. The molecule has 0 aliphatic carbocycles. The van der Waals surface area contributed by atoms with Crippen LogP contribution in [0.3, 0.4) is 0 Å². The first-order valence-electron chi connectivity index (χ1n) is 14.0. The number of nitrogens with zero attached hydrogens (tertiary/aromatic N) is 4. The minimum absolute atomic E-state index is 0.0388. The Balaban J connectivity index is 1.44. The van der Waals surface area contributed by atoms with E-state index in [2.05, 4.69) is 40.4 Å². The van der Waals surface area contributed by atoms with Crippen LogP contribution in [-0.4, -0.2) is 50.1 Å². The predicted octanol–water partition coefficient (Wildman–Crippen LogP) is 5.88. The van der Waals surface area contributed by atoms with E-state index in [9.17, 15) is 14.9 Å². The maximum Gasteiger partial charge on any atom is 0.269 e. The highest BCUT2D eigenvalue weighted by Gasteiger charge is 2.24. The minimum Gasteiger partial charge on any atom is -0.497 e. The zero-order chi connectivity index (χ0) is 30.8. The molecule has 0 saturated carbocycles. The van der Waals surface area contributed by atoms with Crippen LogP contribution in [0.15, 0.2) is 78.6 Å². The third-order valence-corrected chi connectivity index (χ3v) is 8.51. The van der Waals surface area contributed by atoms with Crippen molar-refractivity contribution in [3.8, 4) is 5.75 Å². The summed E-state index contributed by atoms with van der Waals surface area (Å²) in [5.74, 6) is 0.852. The van der Waals surface area contributed by atoms with Crippen LogP contribution in [0.4, 0.5) is 11.4 Å². The first-order chi connectivity index (χ1) is 20.7. The Labute approximate surface area is 260 Å². The first kappa shape index (κ1) is 31.6. The van der Waals surface area contributed by atoms with Crippen molar-refractivity contribution in [1.29, 1.82) is 0 Å². The molecule has 10 nitrogen and oxygen atoms in total. The Kier molecular flexibility index (Phi) is 11.2. The lowest BCUT2D eigenvalue weighted by molar-refractivity contribution is -0.384. The molecule has 4 aromatic rings. The van der Waals surface area contributed by atoms with E-state index in [1.54, 1.807) is 43.1 Å². The van der Waals surface area contributed by atoms with Gasteiger partial charge in [-0.05, 0) is 59.4 Å². The van der Waals surface area contributed by atoms with E-state index in [-0.39, 0.29) is 30.0 Å². The molecule has 2 N–H and O–H groups in total. The molecule has 12 heteroatoms. The maximum atomic E-state index is 13.4. The van der Waals surface area contributed by atoms with Gasteiger partial charge in [0.1, 0.15) is 5.75 Å². The molecular weight excluding hydrogens is 585 g/mol. The SMILES string of the molecule is CC[C@H](C)[C@@H](CN(Cc1cccs1)C(=S)Nc1ccc(OC)cc1)NC(=O)Cc1cncn1Cc1ccc([N+](=O)[O-])cc1. The van der Waals surface area contributed by atoms with Crippen molar-refractivity contribution in [3.05, 3.63) is 105 Å². The lowest BCUT2D eigenvalue weighted by Crippen LogP contribution is -2.49. The zero-order valence-electron chi connectivity index (χ0n) is 24.4. The molecular formula is C31H36N6O4S2. The number of carbonyl (C=O) groups excluding carboxylic acids is 1. The number of thiocarbonyl (C=S) groups is 1. The number of non-ortho nitro benzene ring substituents is 1. The second-order valence-corrected chi connectivity index (χ2v) is 11.7. The van der Waals surface area contributed by atoms with E-state index < -0.39 is 4.92 Å². The van der Waals surface area contributed by atoms with E-state index in [1.807, 2.05) is 40.3 Å². The normalized spacial score (nSPS) is 12.3. The van der Waals surface area contributed by atoms with Gasteiger partial charge in [-0.15, -0.1) is 11.3 Å². The van der Waals surface area contributed by atoms with Crippen molar-refractivity contribution in [2.24, 2.45) is 5.92 Å². The Bertz CT molecular complexity index is 1490. The summed E-state index contributed by atoms with van der Waals surface area (Å²) in [6, 6.07) is 17.9. The van der Waals surface area contributed by atoms with Gasteiger partial charge < -0.3 is 24.8 Å². The fourth-order valence-corrected chi connectivity index (χ4v) is 5.53. The molecule has 226 valence electrons. The second-order valence-electron chi connectivity index (χ2n) is 10.3. The largest absolute Gasteiger partial charge is 0.497 e. The number of ether oxygens (including phenoxy) is 1. The Morgan fingerprint density at radius 2 is 1.93 bits per heavy atom. The van der Waals surface area contributed by atoms with Gasteiger partial charge in [0.2, 0.25) is 5.91 Å². The molecule has 1 amide bonds. The quantitative estimate of drug-likeness (QED) is 0.102. The molecule has 0 fully saturated rings. The molecule has 0 saturated heterocycles. The monoisotopic (exact) mass is 620 g/mol. The molecule has 2 atom stereocenters. The van der Waals surface area contributed by atoms with Crippen molar-refractivity contribution in [2.75, 3.05) is 19.0 Å². The van der Waals surface area contributed by atoms with Crippen molar-refractivity contribution < 1.29 is 14.5 Å². The number of anilines is 1. The van der Waals surface area contributed by atoms with Crippen molar-refractivity contribution in [1.82, 2.24) is 19.8 Å². The minimum atomic E-state index is -0.423. The number of hydrogen-bond donors (Lipinski definition) is 2. The fraction of sp³-hybridized carbons (Fsp3) is 0.323. The van der Waals surface area contributed by atoms with E-state index in [4.69, 9.17) is 17.0 Å². The average Bonchev–Trinajstić information content (AvgIpc) is 3.68. The van der Waals surface area contributed by atoms with Crippen LogP contribution >= 0.6 is 23.6 Å². The van der Waals surface area contributed by atoms with Gasteiger partial charge >= 0.3 is 0 Å². The topological polar surface area (TPSA) is 115 Å². The van der Waals surface area contributed by atoms with Gasteiger partial charge in [0.15, 0.2) is 5.11 Å². The third-order valence-electron chi connectivity index (χ3n) is 7.29. The van der Waals surface area contributed by atoms with Gasteiger partial charge in [0.05, 0.1) is 31.3 Å². The van der Waals surface area contributed by atoms with Gasteiger partial charge in [-0.25, -0.2) is 4.98 Å². The third kappa shape index (κ3) is 9.10. The van der Waals surface area contributed by atoms with Gasteiger partial charge in [0, 0.05) is 53.7 Å². The maximum absolute atomic E-state index is 13.4. The number of carbonyl (C=O) groups is 1. The number of nitrogens with one attached hydrogen (secondary N) is 2. The number of rotatable bonds is 14. The summed E-state index contributed by atoms with van der Waals surface area (Å²) in [7, 11) is 1.63. The average molecular weight is 621 g/mol. The van der Waals surface area contributed by atoms with Crippen LogP contribution < -0.4 is 15.4 Å². The summed E-state index contributed by atoms with van der Waals surface area (Å²) in [5.41, 5.74) is 2.53. The van der Waals surface area contributed by atoms with Crippen LogP contribution in [0.5, 0.6) is 5.75 Å². The number of imidazole rings is 1. The number of nitro benzene ring substituents is 1. The molecule has 0 aliphatic heterocycles. The van der Waals surface area contributed by atoms with E-state index in [0.717, 1.165) is 29.1 Å². The molecule has 0 unspecified atom stereocenters. The Hall–Kier alpha value is -4.29. The molecule has 0 aliphatic rings. The van der Waals surface area contributed by atoms with Crippen LogP contribution in [0.25, 0.3) is 0 Å². The molecule has 0 bridgehead atoms. The number of benzene rings is 2. The first-order valence-corrected chi connectivity index (χ1v) is 15.3. The lowest BCUT2D eigenvalue weighted by Gasteiger charge is -2.33. The number of nitro groups is 1. The molecule has 0 radical (unpaired) electrons. The Morgan fingerprint density at radius 3 is 2.56 bits per heavy atom. The van der Waals surface area contributed by atoms with E-state index >= 15 is 0 Å². The van der Waals surface area contributed by atoms with Gasteiger partial charge in [-0.2, -0.15) is 0 Å². The number of hydrogen-bond acceptors (Lipinski definition) is 7. The van der Waals surface area contributed by atoms with E-state index in [0.29, 0.717) is 24.7 Å². The van der Waals surface area contributed by atoms with Crippen LogP contribution in [0, 0.1) is 16.0 Å². The second kappa shape index (κ2) is 15.3. The van der Waals surface area contributed by atoms with Crippen molar-refractivity contribution in [2.45, 2.75) is 45.8 Å². The summed E-state index contributed by atoms with van der Waals surface area (Å²) in [5, 5.41) is 20.2. The highest BCUT2D eigenvalue weighted by atomic mass is 32.1. The van der Waals surface area contributed by atoms with Gasteiger partial charge in [-0.1, -0.05) is 38.5 Å². The van der Waals surface area contributed by atoms with Crippen LogP contribution in [0.2, 0.25) is 0 Å². The van der Waals surface area contributed by atoms with Gasteiger partial charge in [-0.3, -0.25) is 14.9 Å². The number of methoxy groups -OCH3 is 1. The Morgan fingerprint density at radius 1 is 1.19 bits per heavy atom. The summed E-state index contributed by atoms with van der Waals surface area (Å²) in [6.45, 7) is 5.84. The number of amides is 1. The molecule has 2 aromatic heterocycles. The smallest absolute Gasteiger partial charge is 0.269 e. The standard InChI is InChI=1S/C31H36N6O4S2/c1-4-22(2)29(20-35(19-28-6-5-15-43-28)31(42)33-24-9-13-27(41-3)14-10-24)34-30(38)16-26-17-32-21-36(26)18-23-7-11-25(12-8-23)37(39)40/h5-15,17,21-22,29H,4,16,18-20H2,1-3H3,(H,33,42)(H,34,38)/t22-,29+/m0/s1. The highest BCUT2D eigenvalue weighted by molar-refractivity contribution is 7.80. The lowest BCUT2D eigenvalue weighted by atomic mass is 9.98. The predicted molar refractivity (Wildman–Crippen MR) is 173 cm³/mol. The summed E-state index contributed by atoms with van der Waals surface area (Å²) in [4.78, 5) is 31.5. The van der Waals surface area contributed by atoms with Crippen molar-refractivity contribution >= 4 is 45.9 Å². The fourth-order valence-electron chi connectivity index (χ4n) is 4.56. The molecule has 4 rings (SSSR count). The van der Waals surface area contributed by atoms with Gasteiger partial charge in [0.25, 0.3) is 5.69 Å². The molecule has 2 heterocycles. The highest BCUT2D eigenvalue weighted by Crippen LogP contribution is 2.20.